The molecule has 0 radical (unpaired) electrons. The zero-order valence-corrected chi connectivity index (χ0v) is 18.2. The van der Waals surface area contributed by atoms with Gasteiger partial charge in [-0.25, -0.2) is 0 Å². The number of rotatable bonds is 6. The predicted octanol–water partition coefficient (Wildman–Crippen LogP) is 5.13. The van der Waals surface area contributed by atoms with Gasteiger partial charge < -0.3 is 10.7 Å². The molecule has 0 aliphatic carbocycles. The van der Waals surface area contributed by atoms with Gasteiger partial charge in [-0.3, -0.25) is 14.3 Å². The summed E-state index contributed by atoms with van der Waals surface area (Å²) in [7, 11) is 1.87. The summed E-state index contributed by atoms with van der Waals surface area (Å²) in [6, 6.07) is 15.4. The number of hydrogen-bond donors (Lipinski definition) is 2. The van der Waals surface area contributed by atoms with Crippen LogP contribution in [0.3, 0.4) is 0 Å². The van der Waals surface area contributed by atoms with E-state index in [1.807, 2.05) is 56.4 Å². The lowest BCUT2D eigenvalue weighted by Crippen LogP contribution is -2.25. The molecule has 7 heteroatoms. The van der Waals surface area contributed by atoms with E-state index >= 15 is 0 Å². The van der Waals surface area contributed by atoms with Crippen LogP contribution < -0.4 is 10.9 Å². The molecule has 4 aromatic rings. The van der Waals surface area contributed by atoms with E-state index in [0.717, 1.165) is 15.8 Å². The first-order chi connectivity index (χ1) is 14.5. The van der Waals surface area contributed by atoms with Gasteiger partial charge in [-0.05, 0) is 55.9 Å². The molecule has 0 fully saturated rings. The van der Waals surface area contributed by atoms with Crippen LogP contribution in [0.15, 0.2) is 65.7 Å². The molecule has 3 aromatic heterocycles. The second-order valence-corrected chi connectivity index (χ2v) is 8.66. The van der Waals surface area contributed by atoms with Crippen molar-refractivity contribution in [2.75, 3.05) is 7.05 Å². The van der Waals surface area contributed by atoms with Crippen molar-refractivity contribution in [3.8, 4) is 16.1 Å². The summed E-state index contributed by atoms with van der Waals surface area (Å²) >= 11 is 7.45. The number of benzene rings is 1. The molecule has 152 valence electrons. The fourth-order valence-corrected chi connectivity index (χ4v) is 4.42. The first kappa shape index (κ1) is 20.5. The topological polar surface area (TPSA) is 70.8 Å². The Hall–Kier alpha value is -2.80. The molecular formula is C23H21ClN4OS. The molecule has 2 N–H and O–H groups in total. The Bertz CT molecular complexity index is 1260. The first-order valence-corrected chi connectivity index (χ1v) is 10.8. The highest BCUT2D eigenvalue weighted by atomic mass is 35.5. The van der Waals surface area contributed by atoms with Crippen LogP contribution >= 0.6 is 22.9 Å². The van der Waals surface area contributed by atoms with Crippen molar-refractivity contribution >= 4 is 38.7 Å². The van der Waals surface area contributed by atoms with Gasteiger partial charge in [0.2, 0.25) is 0 Å². The third kappa shape index (κ3) is 4.07. The maximum Gasteiger partial charge on any atom is 0.273 e. The minimum absolute atomic E-state index is 0.0776. The molecular weight excluding hydrogens is 416 g/mol. The van der Waals surface area contributed by atoms with E-state index in [-0.39, 0.29) is 11.6 Å². The second kappa shape index (κ2) is 8.52. The highest BCUT2D eigenvalue weighted by molar-refractivity contribution is 7.22. The second-order valence-electron chi connectivity index (χ2n) is 7.17. The van der Waals surface area contributed by atoms with Gasteiger partial charge in [-0.2, -0.15) is 0 Å². The van der Waals surface area contributed by atoms with Gasteiger partial charge in [0.25, 0.3) is 5.56 Å². The third-order valence-electron chi connectivity index (χ3n) is 5.04. The summed E-state index contributed by atoms with van der Waals surface area (Å²) in [4.78, 5) is 18.5. The molecule has 0 saturated carbocycles. The van der Waals surface area contributed by atoms with Crippen LogP contribution in [0.5, 0.6) is 0 Å². The minimum Gasteiger partial charge on any atom is -0.317 e. The number of thiophene rings is 1. The van der Waals surface area contributed by atoms with Gasteiger partial charge in [0.05, 0.1) is 23.3 Å². The van der Waals surface area contributed by atoms with Crippen LogP contribution in [0.25, 0.3) is 26.2 Å². The van der Waals surface area contributed by atoms with Gasteiger partial charge >= 0.3 is 0 Å². The molecule has 0 bridgehead atoms. The standard InChI is InChI=1S/C23H21ClN4OS/c1-14(26-2)11-19(25)20-8-7-18(13-27-20)28-10-9-16-12-21(30-22(16)23(28)29)15-3-5-17(24)6-4-15/h3-10,12-14,25-26H,11H2,1-2H3/t14-/m0/s1. The average molecular weight is 437 g/mol. The maximum absolute atomic E-state index is 13.1. The van der Waals surface area contributed by atoms with Crippen molar-refractivity contribution in [2.45, 2.75) is 19.4 Å². The van der Waals surface area contributed by atoms with E-state index in [0.29, 0.717) is 33.2 Å². The first-order valence-electron chi connectivity index (χ1n) is 9.59. The van der Waals surface area contributed by atoms with Crippen molar-refractivity contribution in [1.29, 1.82) is 5.41 Å². The van der Waals surface area contributed by atoms with E-state index in [1.54, 1.807) is 23.0 Å². The molecule has 0 saturated heterocycles. The normalized spacial score (nSPS) is 12.2. The molecule has 0 aliphatic heterocycles. The molecule has 1 atom stereocenters. The van der Waals surface area contributed by atoms with E-state index in [4.69, 9.17) is 17.0 Å². The van der Waals surface area contributed by atoms with E-state index in [2.05, 4.69) is 10.3 Å². The summed E-state index contributed by atoms with van der Waals surface area (Å²) in [6.07, 6.45) is 4.01. The van der Waals surface area contributed by atoms with Crippen LogP contribution in [0, 0.1) is 5.41 Å². The van der Waals surface area contributed by atoms with Gasteiger partial charge in [0.1, 0.15) is 4.70 Å². The summed E-state index contributed by atoms with van der Waals surface area (Å²) in [6.45, 7) is 2.02. The van der Waals surface area contributed by atoms with Crippen molar-refractivity contribution in [1.82, 2.24) is 14.9 Å². The minimum atomic E-state index is -0.0776. The number of hydrogen-bond acceptors (Lipinski definition) is 5. The largest absolute Gasteiger partial charge is 0.317 e. The van der Waals surface area contributed by atoms with Gasteiger partial charge in [-0.1, -0.05) is 23.7 Å². The van der Waals surface area contributed by atoms with E-state index < -0.39 is 0 Å². The van der Waals surface area contributed by atoms with Crippen LogP contribution in [0.2, 0.25) is 5.02 Å². The average Bonchev–Trinajstić information content (AvgIpc) is 3.20. The van der Waals surface area contributed by atoms with Crippen molar-refractivity contribution in [2.24, 2.45) is 0 Å². The van der Waals surface area contributed by atoms with Crippen molar-refractivity contribution in [3.63, 3.8) is 0 Å². The molecule has 1 aromatic carbocycles. The molecule has 3 heterocycles. The number of pyridine rings is 2. The quantitative estimate of drug-likeness (QED) is 0.411. The Kier molecular flexibility index (Phi) is 5.81. The maximum atomic E-state index is 13.1. The summed E-state index contributed by atoms with van der Waals surface area (Å²) < 4.78 is 2.29. The van der Waals surface area contributed by atoms with E-state index in [1.165, 1.54) is 11.3 Å². The Morgan fingerprint density at radius 3 is 2.67 bits per heavy atom. The molecule has 0 amide bonds. The number of fused-ring (bicyclic) bond motifs is 1. The SMILES string of the molecule is CN[C@@H](C)CC(=N)c1ccc(-n2ccc3cc(-c4ccc(Cl)cc4)sc3c2=O)cn1. The fourth-order valence-electron chi connectivity index (χ4n) is 3.21. The zero-order valence-electron chi connectivity index (χ0n) is 16.6. The molecule has 30 heavy (non-hydrogen) atoms. The lowest BCUT2D eigenvalue weighted by Gasteiger charge is -2.11. The molecule has 0 spiro atoms. The Balaban J connectivity index is 1.66. The molecule has 0 aliphatic rings. The van der Waals surface area contributed by atoms with Crippen LogP contribution in [0.4, 0.5) is 0 Å². The zero-order chi connectivity index (χ0) is 21.3. The Morgan fingerprint density at radius 1 is 1.23 bits per heavy atom. The lowest BCUT2D eigenvalue weighted by atomic mass is 10.1. The number of nitrogens with one attached hydrogen (secondary N) is 2. The van der Waals surface area contributed by atoms with Gasteiger partial charge in [0, 0.05) is 33.9 Å². The van der Waals surface area contributed by atoms with Gasteiger partial charge in [0.15, 0.2) is 0 Å². The molecule has 5 nitrogen and oxygen atoms in total. The third-order valence-corrected chi connectivity index (χ3v) is 6.48. The highest BCUT2D eigenvalue weighted by Gasteiger charge is 2.12. The van der Waals surface area contributed by atoms with Crippen molar-refractivity contribution < 1.29 is 0 Å². The molecule has 0 unspecified atom stereocenters. The van der Waals surface area contributed by atoms with Crippen LogP contribution in [-0.4, -0.2) is 28.4 Å². The number of aromatic nitrogens is 2. The van der Waals surface area contributed by atoms with Crippen LogP contribution in [0.1, 0.15) is 19.0 Å². The monoisotopic (exact) mass is 436 g/mol. The molecule has 4 rings (SSSR count). The predicted molar refractivity (Wildman–Crippen MR) is 126 cm³/mol. The highest BCUT2D eigenvalue weighted by Crippen LogP contribution is 2.32. The van der Waals surface area contributed by atoms with Crippen LogP contribution in [-0.2, 0) is 0 Å². The van der Waals surface area contributed by atoms with E-state index in [9.17, 15) is 4.79 Å². The number of nitrogens with zero attached hydrogens (tertiary/aromatic N) is 2. The number of halogens is 1. The summed E-state index contributed by atoms with van der Waals surface area (Å²) in [5.74, 6) is 0. The van der Waals surface area contributed by atoms with Crippen molar-refractivity contribution in [3.05, 3.63) is 82.0 Å². The van der Waals surface area contributed by atoms with Gasteiger partial charge in [-0.15, -0.1) is 11.3 Å². The summed E-state index contributed by atoms with van der Waals surface area (Å²) in [5.41, 5.74) is 2.73. The fraction of sp³-hybridized carbons (Fsp3) is 0.174. The Labute approximate surface area is 183 Å². The smallest absolute Gasteiger partial charge is 0.273 e. The lowest BCUT2D eigenvalue weighted by molar-refractivity contribution is 0.632. The summed E-state index contributed by atoms with van der Waals surface area (Å²) in [5, 5.41) is 12.9. The Morgan fingerprint density at radius 2 is 2.00 bits per heavy atom.